The normalized spacial score (nSPS) is 16.9. The maximum atomic E-state index is 14.9. The Morgan fingerprint density at radius 1 is 0.975 bits per heavy atom. The lowest BCUT2D eigenvalue weighted by Gasteiger charge is -2.37. The second-order valence-corrected chi connectivity index (χ2v) is 11.0. The van der Waals surface area contributed by atoms with Crippen LogP contribution >= 0.6 is 0 Å². The van der Waals surface area contributed by atoms with E-state index >= 15 is 0 Å². The van der Waals surface area contributed by atoms with E-state index in [1.165, 1.54) is 28.8 Å². The summed E-state index contributed by atoms with van der Waals surface area (Å²) in [6.07, 6.45) is 4.87. The predicted octanol–water partition coefficient (Wildman–Crippen LogP) is 7.09. The lowest BCUT2D eigenvalue weighted by atomic mass is 9.87. The van der Waals surface area contributed by atoms with Crippen LogP contribution in [-0.2, 0) is 24.1 Å². The summed E-state index contributed by atoms with van der Waals surface area (Å²) in [6, 6.07) is 17.9. The van der Waals surface area contributed by atoms with Crippen LogP contribution in [0, 0.1) is 5.82 Å². The molecule has 0 bridgehead atoms. The number of benzene rings is 3. The Labute approximate surface area is 235 Å². The number of rotatable bonds is 9. The van der Waals surface area contributed by atoms with Gasteiger partial charge in [0.05, 0.1) is 12.1 Å². The number of nitrogens with zero attached hydrogens (tertiary/aromatic N) is 2. The zero-order valence-corrected chi connectivity index (χ0v) is 23.3. The number of carboxylic acid groups (broad SMARTS) is 1. The summed E-state index contributed by atoms with van der Waals surface area (Å²) in [5.74, 6) is -1.17. The maximum Gasteiger partial charge on any atom is 0.415 e. The maximum absolute atomic E-state index is 14.9. The summed E-state index contributed by atoms with van der Waals surface area (Å²) in [4.78, 5) is 27.9. The van der Waals surface area contributed by atoms with Crippen LogP contribution in [0.5, 0.6) is 0 Å². The predicted molar refractivity (Wildman–Crippen MR) is 154 cm³/mol. The van der Waals surface area contributed by atoms with Crippen LogP contribution in [0.3, 0.4) is 0 Å². The van der Waals surface area contributed by atoms with Crippen molar-refractivity contribution < 1.29 is 23.8 Å². The lowest BCUT2D eigenvalue weighted by Crippen LogP contribution is -2.46. The van der Waals surface area contributed by atoms with Gasteiger partial charge in [-0.25, -0.2) is 14.0 Å². The van der Waals surface area contributed by atoms with Gasteiger partial charge >= 0.3 is 12.1 Å². The van der Waals surface area contributed by atoms with Crippen molar-refractivity contribution in [3.8, 4) is 11.1 Å². The largest absolute Gasteiger partial charge is 0.478 e. The Balaban J connectivity index is 1.30. The summed E-state index contributed by atoms with van der Waals surface area (Å²) in [6.45, 7) is 7.20. The molecule has 2 aliphatic heterocycles. The number of carboxylic acids is 1. The van der Waals surface area contributed by atoms with Crippen LogP contribution in [0.25, 0.3) is 11.1 Å². The molecule has 3 aromatic rings. The fraction of sp³-hybridized carbons (Fsp3) is 0.394. The molecule has 2 heterocycles. The van der Waals surface area contributed by atoms with Crippen LogP contribution < -0.4 is 4.90 Å². The van der Waals surface area contributed by atoms with E-state index in [4.69, 9.17) is 9.84 Å². The zero-order chi connectivity index (χ0) is 28.3. The van der Waals surface area contributed by atoms with Gasteiger partial charge in [-0.05, 0) is 65.4 Å². The number of amides is 1. The number of piperidine rings is 1. The van der Waals surface area contributed by atoms with E-state index in [0.29, 0.717) is 17.8 Å². The first-order valence-corrected chi connectivity index (χ1v) is 14.3. The number of hydrogen-bond donors (Lipinski definition) is 1. The van der Waals surface area contributed by atoms with E-state index in [-0.39, 0.29) is 17.5 Å². The minimum atomic E-state index is -0.995. The quantitative estimate of drug-likeness (QED) is 0.312. The van der Waals surface area contributed by atoms with E-state index in [1.54, 1.807) is 29.2 Å². The Hall–Kier alpha value is -3.71. The SMILES string of the molecule is CCCc1cc(CN2CCC3(CC2)CN(c2ccc(C(=O)O)cc2)C(=O)O3)cc(CCC)c1-c1ccccc1F. The number of anilines is 1. The molecule has 0 aromatic heterocycles. The summed E-state index contributed by atoms with van der Waals surface area (Å²) in [7, 11) is 0. The van der Waals surface area contributed by atoms with Crippen LogP contribution in [0.4, 0.5) is 14.9 Å². The summed E-state index contributed by atoms with van der Waals surface area (Å²) in [5.41, 5.74) is 5.69. The van der Waals surface area contributed by atoms with Gasteiger partial charge in [0, 0.05) is 43.7 Å². The highest BCUT2D eigenvalue weighted by molar-refractivity contribution is 5.92. The van der Waals surface area contributed by atoms with Gasteiger partial charge in [-0.3, -0.25) is 9.80 Å². The van der Waals surface area contributed by atoms with Gasteiger partial charge in [-0.1, -0.05) is 57.0 Å². The molecule has 2 aliphatic rings. The number of likely N-dealkylation sites (tertiary alicyclic amines) is 1. The molecule has 40 heavy (non-hydrogen) atoms. The molecule has 0 atom stereocenters. The molecule has 210 valence electrons. The standard InChI is InChI=1S/C33H37FN2O4/c1-3-7-25-19-23(20-26(8-4-2)30(25)28-9-5-6-10-29(28)34)21-35-17-15-33(16-18-35)22-36(32(39)40-33)27-13-11-24(12-14-27)31(37)38/h5-6,9-14,19-20H,3-4,7-8,15-18,21-22H2,1-2H3,(H,37,38). The van der Waals surface area contributed by atoms with Crippen molar-refractivity contribution in [3.63, 3.8) is 0 Å². The Morgan fingerprint density at radius 2 is 1.60 bits per heavy atom. The van der Waals surface area contributed by atoms with Crippen molar-refractivity contribution in [2.75, 3.05) is 24.5 Å². The van der Waals surface area contributed by atoms with Gasteiger partial charge in [0.15, 0.2) is 0 Å². The van der Waals surface area contributed by atoms with Gasteiger partial charge in [-0.15, -0.1) is 0 Å². The molecular weight excluding hydrogens is 507 g/mol. The third kappa shape index (κ3) is 5.75. The molecule has 1 spiro atoms. The van der Waals surface area contributed by atoms with Crippen molar-refractivity contribution in [3.05, 3.63) is 88.7 Å². The van der Waals surface area contributed by atoms with Gasteiger partial charge in [-0.2, -0.15) is 0 Å². The lowest BCUT2D eigenvalue weighted by molar-refractivity contribution is -0.000989. The number of aryl methyl sites for hydroxylation is 2. The van der Waals surface area contributed by atoms with E-state index in [2.05, 4.69) is 30.9 Å². The van der Waals surface area contributed by atoms with Gasteiger partial charge in [0.25, 0.3) is 0 Å². The third-order valence-electron chi connectivity index (χ3n) is 8.11. The Bertz CT molecular complexity index is 1350. The highest BCUT2D eigenvalue weighted by Crippen LogP contribution is 2.37. The number of halogens is 1. The summed E-state index contributed by atoms with van der Waals surface area (Å²) >= 11 is 0. The monoisotopic (exact) mass is 544 g/mol. The van der Waals surface area contributed by atoms with Crippen molar-refractivity contribution >= 4 is 17.7 Å². The average molecular weight is 545 g/mol. The van der Waals surface area contributed by atoms with E-state index < -0.39 is 11.6 Å². The van der Waals surface area contributed by atoms with Gasteiger partial charge < -0.3 is 9.84 Å². The molecule has 1 N–H and O–H groups in total. The van der Waals surface area contributed by atoms with Gasteiger partial charge in [0.1, 0.15) is 11.4 Å². The zero-order valence-electron chi connectivity index (χ0n) is 23.3. The molecule has 0 unspecified atom stereocenters. The topological polar surface area (TPSA) is 70.1 Å². The van der Waals surface area contributed by atoms with Crippen LogP contribution in [0.15, 0.2) is 60.7 Å². The van der Waals surface area contributed by atoms with Crippen molar-refractivity contribution in [2.45, 2.75) is 64.5 Å². The number of carbonyl (C=O) groups excluding carboxylic acids is 1. The van der Waals surface area contributed by atoms with E-state index in [1.807, 2.05) is 12.1 Å². The van der Waals surface area contributed by atoms with Gasteiger partial charge in [0.2, 0.25) is 0 Å². The third-order valence-corrected chi connectivity index (χ3v) is 8.11. The number of aromatic carboxylic acids is 1. The second-order valence-electron chi connectivity index (χ2n) is 11.0. The van der Waals surface area contributed by atoms with Crippen LogP contribution in [0.2, 0.25) is 0 Å². The fourth-order valence-corrected chi connectivity index (χ4v) is 6.12. The number of hydrogen-bond acceptors (Lipinski definition) is 4. The van der Waals surface area contributed by atoms with Crippen molar-refractivity contribution in [1.29, 1.82) is 0 Å². The smallest absolute Gasteiger partial charge is 0.415 e. The Morgan fingerprint density at radius 3 is 2.17 bits per heavy atom. The molecule has 0 saturated carbocycles. The number of ether oxygens (including phenoxy) is 1. The first-order valence-electron chi connectivity index (χ1n) is 14.3. The van der Waals surface area contributed by atoms with Crippen molar-refractivity contribution in [2.24, 2.45) is 0 Å². The summed E-state index contributed by atoms with van der Waals surface area (Å²) in [5, 5.41) is 9.16. The minimum absolute atomic E-state index is 0.177. The molecule has 2 saturated heterocycles. The van der Waals surface area contributed by atoms with E-state index in [9.17, 15) is 14.0 Å². The minimum Gasteiger partial charge on any atom is -0.478 e. The first-order chi connectivity index (χ1) is 19.3. The average Bonchev–Trinajstić information content (AvgIpc) is 3.26. The second kappa shape index (κ2) is 11.8. The van der Waals surface area contributed by atoms with Crippen LogP contribution in [-0.4, -0.2) is 47.3 Å². The fourth-order valence-electron chi connectivity index (χ4n) is 6.12. The molecule has 6 nitrogen and oxygen atoms in total. The molecular formula is C33H37FN2O4. The molecule has 1 amide bonds. The highest BCUT2D eigenvalue weighted by Gasteiger charge is 2.47. The molecule has 0 aliphatic carbocycles. The molecule has 3 aromatic carbocycles. The van der Waals surface area contributed by atoms with Crippen LogP contribution in [0.1, 0.15) is 66.6 Å². The number of carbonyl (C=O) groups is 2. The molecule has 7 heteroatoms. The highest BCUT2D eigenvalue weighted by atomic mass is 19.1. The first kappa shape index (κ1) is 27.8. The molecule has 5 rings (SSSR count). The molecule has 2 fully saturated rings. The molecule has 0 radical (unpaired) electrons. The van der Waals surface area contributed by atoms with E-state index in [0.717, 1.165) is 63.7 Å². The summed E-state index contributed by atoms with van der Waals surface area (Å²) < 4.78 is 20.8. The Kier molecular flexibility index (Phi) is 8.22. The van der Waals surface area contributed by atoms with Crippen molar-refractivity contribution in [1.82, 2.24) is 4.90 Å².